The van der Waals surface area contributed by atoms with Crippen LogP contribution < -0.4 is 0 Å². The Bertz CT molecular complexity index is 97.7. The SMILES string of the molecule is CC(C)C[C@@H](O)C(F)(F)F. The van der Waals surface area contributed by atoms with Crippen LogP contribution in [0.3, 0.4) is 0 Å². The maximum Gasteiger partial charge on any atom is 0.414 e. The number of hydrogen-bond donors (Lipinski definition) is 1. The van der Waals surface area contributed by atoms with E-state index in [9.17, 15) is 13.2 Å². The molecule has 0 saturated carbocycles. The lowest BCUT2D eigenvalue weighted by molar-refractivity contribution is -0.207. The van der Waals surface area contributed by atoms with E-state index in [4.69, 9.17) is 5.11 Å². The van der Waals surface area contributed by atoms with E-state index in [1.54, 1.807) is 13.8 Å². The second-order valence-electron chi connectivity index (χ2n) is 2.69. The van der Waals surface area contributed by atoms with Crippen LogP contribution in [-0.4, -0.2) is 17.4 Å². The van der Waals surface area contributed by atoms with Crippen molar-refractivity contribution in [2.75, 3.05) is 0 Å². The fourth-order valence-corrected chi connectivity index (χ4v) is 0.580. The molecule has 1 N–H and O–H groups in total. The highest BCUT2D eigenvalue weighted by atomic mass is 19.4. The number of aliphatic hydroxyl groups excluding tert-OH is 1. The number of halogens is 3. The summed E-state index contributed by atoms with van der Waals surface area (Å²) in [4.78, 5) is 0. The molecule has 0 rings (SSSR count). The molecule has 0 aliphatic carbocycles. The van der Waals surface area contributed by atoms with E-state index in [2.05, 4.69) is 0 Å². The molecule has 0 heterocycles. The molecule has 0 amide bonds. The van der Waals surface area contributed by atoms with Crippen molar-refractivity contribution in [2.24, 2.45) is 5.92 Å². The van der Waals surface area contributed by atoms with Gasteiger partial charge in [-0.3, -0.25) is 0 Å². The summed E-state index contributed by atoms with van der Waals surface area (Å²) in [6.45, 7) is 3.27. The van der Waals surface area contributed by atoms with Crippen molar-refractivity contribution in [3.05, 3.63) is 0 Å². The zero-order valence-electron chi connectivity index (χ0n) is 5.94. The van der Waals surface area contributed by atoms with Crippen LogP contribution >= 0.6 is 0 Å². The Hall–Kier alpha value is -0.250. The van der Waals surface area contributed by atoms with Gasteiger partial charge in [-0.25, -0.2) is 0 Å². The lowest BCUT2D eigenvalue weighted by Gasteiger charge is -2.15. The molecule has 0 aliphatic rings. The maximum absolute atomic E-state index is 11.6. The third-order valence-electron chi connectivity index (χ3n) is 1.07. The molecule has 0 fully saturated rings. The molecule has 0 bridgehead atoms. The van der Waals surface area contributed by atoms with Crippen molar-refractivity contribution in [3.63, 3.8) is 0 Å². The van der Waals surface area contributed by atoms with Crippen LogP contribution in [0.1, 0.15) is 20.3 Å². The molecular weight excluding hydrogens is 145 g/mol. The van der Waals surface area contributed by atoms with Gasteiger partial charge in [-0.15, -0.1) is 0 Å². The first-order valence-electron chi connectivity index (χ1n) is 3.09. The van der Waals surface area contributed by atoms with Crippen LogP contribution in [0, 0.1) is 5.92 Å². The van der Waals surface area contributed by atoms with Gasteiger partial charge >= 0.3 is 6.18 Å². The first-order valence-corrected chi connectivity index (χ1v) is 3.09. The topological polar surface area (TPSA) is 20.2 Å². The highest BCUT2D eigenvalue weighted by Crippen LogP contribution is 2.24. The molecule has 0 aromatic heterocycles. The molecule has 4 heteroatoms. The summed E-state index contributed by atoms with van der Waals surface area (Å²) in [5, 5.41) is 8.43. The lowest BCUT2D eigenvalue weighted by Crippen LogP contribution is -2.29. The predicted molar refractivity (Wildman–Crippen MR) is 31.5 cm³/mol. The summed E-state index contributed by atoms with van der Waals surface area (Å²) >= 11 is 0. The van der Waals surface area contributed by atoms with Crippen LogP contribution in [0.25, 0.3) is 0 Å². The zero-order valence-corrected chi connectivity index (χ0v) is 5.94. The largest absolute Gasteiger partial charge is 0.414 e. The number of alkyl halides is 3. The van der Waals surface area contributed by atoms with Crippen LogP contribution in [0.5, 0.6) is 0 Å². The Morgan fingerprint density at radius 3 is 1.80 bits per heavy atom. The Balaban J connectivity index is 3.73. The normalized spacial score (nSPS) is 15.9. The molecule has 0 aromatic rings. The molecule has 0 saturated heterocycles. The minimum Gasteiger partial charge on any atom is -0.384 e. The van der Waals surface area contributed by atoms with Crippen molar-refractivity contribution in [1.29, 1.82) is 0 Å². The molecular formula is C6H11F3O. The van der Waals surface area contributed by atoms with Crippen molar-refractivity contribution < 1.29 is 18.3 Å². The van der Waals surface area contributed by atoms with Crippen molar-refractivity contribution in [1.82, 2.24) is 0 Å². The Morgan fingerprint density at radius 1 is 1.30 bits per heavy atom. The number of rotatable bonds is 2. The van der Waals surface area contributed by atoms with E-state index >= 15 is 0 Å². The average Bonchev–Trinajstić information content (AvgIpc) is 1.60. The molecule has 0 unspecified atom stereocenters. The van der Waals surface area contributed by atoms with Crippen LogP contribution in [0.15, 0.2) is 0 Å². The summed E-state index contributed by atoms with van der Waals surface area (Å²) < 4.78 is 34.7. The van der Waals surface area contributed by atoms with Gasteiger partial charge in [-0.1, -0.05) is 13.8 Å². The van der Waals surface area contributed by atoms with Crippen molar-refractivity contribution in [3.8, 4) is 0 Å². The highest BCUT2D eigenvalue weighted by molar-refractivity contribution is 4.66. The zero-order chi connectivity index (χ0) is 8.36. The van der Waals surface area contributed by atoms with Gasteiger partial charge in [0, 0.05) is 0 Å². The molecule has 1 nitrogen and oxygen atoms in total. The summed E-state index contributed by atoms with van der Waals surface area (Å²) in [7, 11) is 0. The van der Waals surface area contributed by atoms with Gasteiger partial charge in [0.2, 0.25) is 0 Å². The quantitative estimate of drug-likeness (QED) is 0.647. The van der Waals surface area contributed by atoms with E-state index in [1.807, 2.05) is 0 Å². The minimum absolute atomic E-state index is 0.128. The molecule has 0 aliphatic heterocycles. The van der Waals surface area contributed by atoms with E-state index in [1.165, 1.54) is 0 Å². The van der Waals surface area contributed by atoms with Crippen molar-refractivity contribution >= 4 is 0 Å². The Morgan fingerprint density at radius 2 is 1.70 bits per heavy atom. The number of aliphatic hydroxyl groups is 1. The van der Waals surface area contributed by atoms with Crippen LogP contribution in [0.2, 0.25) is 0 Å². The van der Waals surface area contributed by atoms with Crippen LogP contribution in [0.4, 0.5) is 13.2 Å². The summed E-state index contributed by atoms with van der Waals surface area (Å²) in [6, 6.07) is 0. The molecule has 0 spiro atoms. The van der Waals surface area contributed by atoms with Crippen molar-refractivity contribution in [2.45, 2.75) is 32.5 Å². The van der Waals surface area contributed by atoms with E-state index in [0.717, 1.165) is 0 Å². The molecule has 62 valence electrons. The van der Waals surface area contributed by atoms with E-state index < -0.39 is 12.3 Å². The first kappa shape index (κ1) is 9.75. The summed E-state index contributed by atoms with van der Waals surface area (Å²) in [6.07, 6.45) is -6.83. The standard InChI is InChI=1S/C6H11F3O/c1-4(2)3-5(10)6(7,8)9/h4-5,10H,3H2,1-2H3/t5-/m1/s1. The molecule has 1 atom stereocenters. The summed E-state index contributed by atoms with van der Waals surface area (Å²) in [5.41, 5.74) is 0. The van der Waals surface area contributed by atoms with Crippen LogP contribution in [-0.2, 0) is 0 Å². The maximum atomic E-state index is 11.6. The molecule has 10 heavy (non-hydrogen) atoms. The third kappa shape index (κ3) is 3.71. The average molecular weight is 156 g/mol. The van der Waals surface area contributed by atoms with Gasteiger partial charge in [0.25, 0.3) is 0 Å². The van der Waals surface area contributed by atoms with Gasteiger partial charge in [0.1, 0.15) is 6.10 Å². The van der Waals surface area contributed by atoms with Gasteiger partial charge in [-0.05, 0) is 12.3 Å². The Labute approximate surface area is 57.9 Å². The van der Waals surface area contributed by atoms with Gasteiger partial charge in [0.15, 0.2) is 0 Å². The minimum atomic E-state index is -4.45. The Kier molecular flexibility index (Phi) is 3.15. The van der Waals surface area contributed by atoms with Gasteiger partial charge < -0.3 is 5.11 Å². The van der Waals surface area contributed by atoms with E-state index in [0.29, 0.717) is 0 Å². The lowest BCUT2D eigenvalue weighted by atomic mass is 10.1. The highest BCUT2D eigenvalue weighted by Gasteiger charge is 2.37. The molecule has 0 radical (unpaired) electrons. The third-order valence-corrected chi connectivity index (χ3v) is 1.07. The fourth-order valence-electron chi connectivity index (χ4n) is 0.580. The monoisotopic (exact) mass is 156 g/mol. The predicted octanol–water partition coefficient (Wildman–Crippen LogP) is 1.96. The number of hydrogen-bond acceptors (Lipinski definition) is 1. The van der Waals surface area contributed by atoms with Gasteiger partial charge in [-0.2, -0.15) is 13.2 Å². The van der Waals surface area contributed by atoms with Gasteiger partial charge in [0.05, 0.1) is 0 Å². The smallest absolute Gasteiger partial charge is 0.384 e. The first-order chi connectivity index (χ1) is 4.34. The summed E-state index contributed by atoms with van der Waals surface area (Å²) in [5.74, 6) is -0.128. The second kappa shape index (κ2) is 3.23. The van der Waals surface area contributed by atoms with E-state index in [-0.39, 0.29) is 12.3 Å². The molecule has 0 aromatic carbocycles. The second-order valence-corrected chi connectivity index (χ2v) is 2.69. The fraction of sp³-hybridized carbons (Fsp3) is 1.00.